The minimum atomic E-state index is -3.33. The number of nitrogens with one attached hydrogen (secondary N) is 2. The summed E-state index contributed by atoms with van der Waals surface area (Å²) in [6.45, 7) is 4.42. The zero-order valence-electron chi connectivity index (χ0n) is 14.6. The number of halogens is 2. The van der Waals surface area contributed by atoms with Gasteiger partial charge in [-0.05, 0) is 43.3 Å². The molecule has 0 saturated heterocycles. The number of aliphatic imine (C=N–C) groups is 1. The highest BCUT2D eigenvalue weighted by Gasteiger charge is 2.13. The van der Waals surface area contributed by atoms with E-state index in [1.807, 2.05) is 31.5 Å². The first-order valence-corrected chi connectivity index (χ1v) is 10.6. The van der Waals surface area contributed by atoms with Gasteiger partial charge in [0.25, 0.3) is 0 Å². The number of hydrogen-bond acceptors (Lipinski definition) is 3. The van der Waals surface area contributed by atoms with Gasteiger partial charge >= 0.3 is 0 Å². The van der Waals surface area contributed by atoms with Crippen LogP contribution in [0.5, 0.6) is 0 Å². The highest BCUT2D eigenvalue weighted by atomic mass is 127. The maximum absolute atomic E-state index is 12.3. The van der Waals surface area contributed by atoms with Crippen LogP contribution in [0.2, 0.25) is 0 Å². The van der Waals surface area contributed by atoms with Gasteiger partial charge in [0.05, 0.1) is 17.2 Å². The van der Waals surface area contributed by atoms with Crippen molar-refractivity contribution in [2.45, 2.75) is 18.4 Å². The summed E-state index contributed by atoms with van der Waals surface area (Å²) in [6, 6.07) is 10.6. The second kappa shape index (κ2) is 11.6. The Morgan fingerprint density at radius 1 is 1.15 bits per heavy atom. The first-order chi connectivity index (χ1) is 12.0. The van der Waals surface area contributed by atoms with Gasteiger partial charge < -0.3 is 15.2 Å². The number of nitrogens with zero attached hydrogens (tertiary/aromatic N) is 2. The van der Waals surface area contributed by atoms with Gasteiger partial charge in [-0.2, -0.15) is 0 Å². The highest BCUT2D eigenvalue weighted by molar-refractivity contribution is 14.0. The van der Waals surface area contributed by atoms with Crippen molar-refractivity contribution in [1.29, 1.82) is 0 Å². The molecule has 1 heterocycles. The summed E-state index contributed by atoms with van der Waals surface area (Å²) in [5.41, 5.74) is 0. The standard InChI is InChI=1S/C17H23BrN4O2S.HI/c1-2-19-17(20-9-13-22-11-3-4-12-22)21-10-14-25(23,24)16-7-5-15(18)6-8-16;/h3-8,11-12H,2,9-10,13-14H2,1H3,(H2,19,20,21);1H. The molecule has 0 fully saturated rings. The van der Waals surface area contributed by atoms with Gasteiger partial charge in [0, 0.05) is 36.5 Å². The smallest absolute Gasteiger partial charge is 0.191 e. The topological polar surface area (TPSA) is 75.5 Å². The molecule has 2 rings (SSSR count). The van der Waals surface area contributed by atoms with Crippen molar-refractivity contribution in [3.63, 3.8) is 0 Å². The van der Waals surface area contributed by atoms with Crippen molar-refractivity contribution in [1.82, 2.24) is 15.2 Å². The predicted octanol–water partition coefficient (Wildman–Crippen LogP) is 2.90. The molecule has 0 unspecified atom stereocenters. The third-order valence-corrected chi connectivity index (χ3v) is 5.71. The van der Waals surface area contributed by atoms with Crippen LogP contribution >= 0.6 is 39.9 Å². The zero-order chi connectivity index (χ0) is 18.1. The molecule has 0 atom stereocenters. The summed E-state index contributed by atoms with van der Waals surface area (Å²) in [5, 5.41) is 6.33. The molecule has 0 aliphatic heterocycles. The van der Waals surface area contributed by atoms with E-state index in [-0.39, 0.29) is 36.3 Å². The van der Waals surface area contributed by atoms with E-state index in [1.165, 1.54) is 0 Å². The Morgan fingerprint density at radius 2 is 1.81 bits per heavy atom. The van der Waals surface area contributed by atoms with Gasteiger partial charge in [0.1, 0.15) is 0 Å². The molecule has 144 valence electrons. The van der Waals surface area contributed by atoms with Crippen LogP contribution in [0.4, 0.5) is 0 Å². The minimum absolute atomic E-state index is 0. The molecule has 26 heavy (non-hydrogen) atoms. The molecular formula is C17H24BrIN4O2S. The van der Waals surface area contributed by atoms with E-state index in [4.69, 9.17) is 0 Å². The van der Waals surface area contributed by atoms with Crippen LogP contribution < -0.4 is 10.6 Å². The lowest BCUT2D eigenvalue weighted by Crippen LogP contribution is -2.39. The van der Waals surface area contributed by atoms with E-state index in [2.05, 4.69) is 36.1 Å². The second-order valence-corrected chi connectivity index (χ2v) is 8.41. The number of guanidine groups is 1. The van der Waals surface area contributed by atoms with E-state index in [0.29, 0.717) is 17.4 Å². The molecule has 1 aromatic heterocycles. The van der Waals surface area contributed by atoms with Crippen molar-refractivity contribution in [2.24, 2.45) is 4.99 Å². The van der Waals surface area contributed by atoms with Crippen LogP contribution in [0.15, 0.2) is 63.2 Å². The Bertz CT molecular complexity index is 778. The van der Waals surface area contributed by atoms with Crippen molar-refractivity contribution >= 4 is 55.7 Å². The summed E-state index contributed by atoms with van der Waals surface area (Å²) < 4.78 is 27.6. The Labute approximate surface area is 180 Å². The number of sulfone groups is 1. The van der Waals surface area contributed by atoms with Crippen LogP contribution in [0.3, 0.4) is 0 Å². The average molecular weight is 555 g/mol. The Hall–Kier alpha value is -1.07. The molecule has 0 bridgehead atoms. The number of benzene rings is 1. The summed E-state index contributed by atoms with van der Waals surface area (Å²) >= 11 is 3.30. The van der Waals surface area contributed by atoms with Crippen LogP contribution in [0.25, 0.3) is 0 Å². The molecule has 0 aliphatic rings. The van der Waals surface area contributed by atoms with Crippen molar-refractivity contribution in [3.8, 4) is 0 Å². The maximum Gasteiger partial charge on any atom is 0.191 e. The third-order valence-electron chi connectivity index (χ3n) is 3.48. The van der Waals surface area contributed by atoms with Crippen LogP contribution in [0, 0.1) is 0 Å². The summed E-state index contributed by atoms with van der Waals surface area (Å²) in [5.74, 6) is 0.601. The Balaban J connectivity index is 0.00000338. The fourth-order valence-electron chi connectivity index (χ4n) is 2.20. The second-order valence-electron chi connectivity index (χ2n) is 5.38. The van der Waals surface area contributed by atoms with Gasteiger partial charge in [-0.25, -0.2) is 8.42 Å². The largest absolute Gasteiger partial charge is 0.357 e. The molecule has 0 radical (unpaired) electrons. The van der Waals surface area contributed by atoms with Gasteiger partial charge in [-0.15, -0.1) is 24.0 Å². The van der Waals surface area contributed by atoms with Gasteiger partial charge in [-0.1, -0.05) is 15.9 Å². The highest BCUT2D eigenvalue weighted by Crippen LogP contribution is 2.15. The van der Waals surface area contributed by atoms with E-state index >= 15 is 0 Å². The van der Waals surface area contributed by atoms with E-state index in [0.717, 1.165) is 17.6 Å². The molecule has 2 N–H and O–H groups in total. The normalized spacial score (nSPS) is 11.7. The summed E-state index contributed by atoms with van der Waals surface area (Å²) in [7, 11) is -3.33. The lowest BCUT2D eigenvalue weighted by Gasteiger charge is -2.12. The van der Waals surface area contributed by atoms with E-state index in [9.17, 15) is 8.42 Å². The SMILES string of the molecule is CCNC(=NCCS(=O)(=O)c1ccc(Br)cc1)NCCn1cccc1.I. The summed E-state index contributed by atoms with van der Waals surface area (Å²) in [4.78, 5) is 4.67. The molecule has 6 nitrogen and oxygen atoms in total. The van der Waals surface area contributed by atoms with E-state index < -0.39 is 9.84 Å². The quantitative estimate of drug-likeness (QED) is 0.299. The van der Waals surface area contributed by atoms with Crippen LogP contribution in [-0.4, -0.2) is 44.3 Å². The predicted molar refractivity (Wildman–Crippen MR) is 120 cm³/mol. The minimum Gasteiger partial charge on any atom is -0.357 e. The molecule has 1 aromatic carbocycles. The molecule has 0 amide bonds. The number of hydrogen-bond donors (Lipinski definition) is 2. The molecular weight excluding hydrogens is 531 g/mol. The number of rotatable bonds is 8. The van der Waals surface area contributed by atoms with E-state index in [1.54, 1.807) is 24.3 Å². The lowest BCUT2D eigenvalue weighted by atomic mass is 10.4. The first-order valence-electron chi connectivity index (χ1n) is 8.12. The zero-order valence-corrected chi connectivity index (χ0v) is 19.3. The monoisotopic (exact) mass is 554 g/mol. The van der Waals surface area contributed by atoms with Crippen molar-refractivity contribution < 1.29 is 8.42 Å². The molecule has 0 aliphatic carbocycles. The first kappa shape index (κ1) is 23.0. The van der Waals surface area contributed by atoms with Crippen LogP contribution in [0.1, 0.15) is 6.92 Å². The lowest BCUT2D eigenvalue weighted by molar-refractivity contribution is 0.595. The van der Waals surface area contributed by atoms with Gasteiger partial charge in [0.2, 0.25) is 0 Å². The fourth-order valence-corrected chi connectivity index (χ4v) is 3.58. The van der Waals surface area contributed by atoms with Gasteiger partial charge in [0.15, 0.2) is 15.8 Å². The average Bonchev–Trinajstić information content (AvgIpc) is 3.08. The Morgan fingerprint density at radius 3 is 2.42 bits per heavy atom. The van der Waals surface area contributed by atoms with Crippen LogP contribution in [-0.2, 0) is 16.4 Å². The molecule has 9 heteroatoms. The van der Waals surface area contributed by atoms with Crippen molar-refractivity contribution in [2.75, 3.05) is 25.4 Å². The third kappa shape index (κ3) is 7.67. The Kier molecular flexibility index (Phi) is 10.3. The molecule has 2 aromatic rings. The molecule has 0 saturated carbocycles. The maximum atomic E-state index is 12.3. The van der Waals surface area contributed by atoms with Gasteiger partial charge in [-0.3, -0.25) is 4.99 Å². The van der Waals surface area contributed by atoms with Crippen molar-refractivity contribution in [3.05, 3.63) is 53.3 Å². The fraction of sp³-hybridized carbons (Fsp3) is 0.353. The molecule has 0 spiro atoms. The number of aromatic nitrogens is 1. The summed E-state index contributed by atoms with van der Waals surface area (Å²) in [6.07, 6.45) is 3.99.